The number of halogens is 1. The Kier molecular flexibility index (Phi) is 7.36. The molecule has 0 saturated carbocycles. The third kappa shape index (κ3) is 5.97. The zero-order valence-corrected chi connectivity index (χ0v) is 15.4. The molecule has 0 aliphatic carbocycles. The molecule has 9 heteroatoms. The second-order valence-electron chi connectivity index (χ2n) is 4.81. The standard InChI is InChI=1S/C13H20N4O3S.HI/c1-21(18,19)16-8-7-15-13(14)17-11-6-9-20-12-5-3-2-4-10(11)12;/h2-5,11,16H,6-9H2,1H3,(H3,14,15,17);1H. The monoisotopic (exact) mass is 440 g/mol. The van der Waals surface area contributed by atoms with E-state index in [9.17, 15) is 8.42 Å². The maximum absolute atomic E-state index is 10.9. The Hall–Kier alpha value is -1.07. The van der Waals surface area contributed by atoms with Gasteiger partial charge in [0.1, 0.15) is 5.75 Å². The van der Waals surface area contributed by atoms with Crippen molar-refractivity contribution in [1.82, 2.24) is 10.0 Å². The van der Waals surface area contributed by atoms with Gasteiger partial charge in [0, 0.05) is 18.5 Å². The maximum atomic E-state index is 10.9. The molecule has 0 aromatic heterocycles. The second-order valence-corrected chi connectivity index (χ2v) is 6.64. The number of sulfonamides is 1. The zero-order valence-electron chi connectivity index (χ0n) is 12.3. The second kappa shape index (κ2) is 8.53. The summed E-state index contributed by atoms with van der Waals surface area (Å²) in [7, 11) is -3.19. The highest BCUT2D eigenvalue weighted by Crippen LogP contribution is 2.31. The topological polar surface area (TPSA) is 106 Å². The number of nitrogens with one attached hydrogen (secondary N) is 2. The number of hydrogen-bond donors (Lipinski definition) is 3. The Morgan fingerprint density at radius 2 is 2.18 bits per heavy atom. The lowest BCUT2D eigenvalue weighted by atomic mass is 10.0. The minimum absolute atomic E-state index is 0. The third-order valence-corrected chi connectivity index (χ3v) is 3.77. The lowest BCUT2D eigenvalue weighted by Gasteiger charge is -2.26. The Balaban J connectivity index is 0.00000242. The van der Waals surface area contributed by atoms with Crippen molar-refractivity contribution in [3.8, 4) is 5.75 Å². The molecule has 0 saturated heterocycles. The van der Waals surface area contributed by atoms with Crippen molar-refractivity contribution in [2.45, 2.75) is 12.5 Å². The van der Waals surface area contributed by atoms with Crippen molar-refractivity contribution in [2.75, 3.05) is 26.0 Å². The highest BCUT2D eigenvalue weighted by Gasteiger charge is 2.21. The van der Waals surface area contributed by atoms with Gasteiger partial charge < -0.3 is 15.8 Å². The number of benzene rings is 1. The molecule has 1 unspecified atom stereocenters. The van der Waals surface area contributed by atoms with E-state index in [2.05, 4.69) is 15.0 Å². The number of ether oxygens (including phenoxy) is 1. The molecule has 1 aromatic carbocycles. The normalized spacial score (nSPS) is 17.9. The molecule has 0 amide bonds. The molecule has 4 N–H and O–H groups in total. The summed E-state index contributed by atoms with van der Waals surface area (Å²) in [6, 6.07) is 7.85. The Labute approximate surface area is 147 Å². The molecule has 1 aromatic rings. The van der Waals surface area contributed by atoms with Gasteiger partial charge in [0.15, 0.2) is 5.96 Å². The lowest BCUT2D eigenvalue weighted by molar-refractivity contribution is 0.262. The van der Waals surface area contributed by atoms with E-state index < -0.39 is 10.0 Å². The average molecular weight is 440 g/mol. The molecule has 124 valence electrons. The zero-order chi connectivity index (χ0) is 15.3. The summed E-state index contributed by atoms with van der Waals surface area (Å²) in [6.45, 7) is 1.14. The van der Waals surface area contributed by atoms with Gasteiger partial charge in [-0.3, -0.25) is 4.99 Å². The van der Waals surface area contributed by atoms with Crippen LogP contribution in [0.15, 0.2) is 29.3 Å². The van der Waals surface area contributed by atoms with E-state index in [0.29, 0.717) is 12.6 Å². The molecule has 2 rings (SSSR count). The number of nitrogens with zero attached hydrogens (tertiary/aromatic N) is 1. The molecule has 1 atom stereocenters. The van der Waals surface area contributed by atoms with E-state index in [1.54, 1.807) is 0 Å². The van der Waals surface area contributed by atoms with Crippen LogP contribution in [0.1, 0.15) is 18.0 Å². The predicted molar refractivity (Wildman–Crippen MR) is 97.2 cm³/mol. The van der Waals surface area contributed by atoms with Crippen LogP contribution in [-0.4, -0.2) is 40.3 Å². The summed E-state index contributed by atoms with van der Waals surface area (Å²) in [5, 5.41) is 3.14. The molecule has 0 fully saturated rings. The fourth-order valence-corrected chi connectivity index (χ4v) is 2.59. The number of nitrogens with two attached hydrogens (primary N) is 1. The van der Waals surface area contributed by atoms with Crippen LogP contribution in [0, 0.1) is 0 Å². The van der Waals surface area contributed by atoms with Gasteiger partial charge in [0.25, 0.3) is 0 Å². The fourth-order valence-electron chi connectivity index (χ4n) is 2.12. The van der Waals surface area contributed by atoms with Gasteiger partial charge in [0.05, 0.1) is 25.4 Å². The molecule has 1 heterocycles. The number of rotatable bonds is 5. The molecule has 1 aliphatic heterocycles. The number of hydrogen-bond acceptors (Lipinski definition) is 4. The molecular weight excluding hydrogens is 419 g/mol. The van der Waals surface area contributed by atoms with Crippen LogP contribution in [0.3, 0.4) is 0 Å². The molecule has 22 heavy (non-hydrogen) atoms. The van der Waals surface area contributed by atoms with Gasteiger partial charge >= 0.3 is 0 Å². The van der Waals surface area contributed by atoms with E-state index in [1.165, 1.54) is 0 Å². The molecule has 7 nitrogen and oxygen atoms in total. The summed E-state index contributed by atoms with van der Waals surface area (Å²) >= 11 is 0. The largest absolute Gasteiger partial charge is 0.493 e. The van der Waals surface area contributed by atoms with Crippen molar-refractivity contribution in [1.29, 1.82) is 0 Å². The Bertz CT molecular complexity index is 621. The van der Waals surface area contributed by atoms with Gasteiger partial charge in [0.2, 0.25) is 10.0 Å². The van der Waals surface area contributed by atoms with Crippen LogP contribution < -0.4 is 20.5 Å². The van der Waals surface area contributed by atoms with Crippen molar-refractivity contribution in [2.24, 2.45) is 10.7 Å². The average Bonchev–Trinajstić information content (AvgIpc) is 2.43. The van der Waals surface area contributed by atoms with Crippen LogP contribution in [0.4, 0.5) is 0 Å². The van der Waals surface area contributed by atoms with Crippen LogP contribution >= 0.6 is 24.0 Å². The van der Waals surface area contributed by atoms with Gasteiger partial charge in [-0.15, -0.1) is 24.0 Å². The van der Waals surface area contributed by atoms with Crippen LogP contribution in [-0.2, 0) is 10.0 Å². The van der Waals surface area contributed by atoms with Gasteiger partial charge in [-0.05, 0) is 6.07 Å². The van der Waals surface area contributed by atoms with E-state index >= 15 is 0 Å². The summed E-state index contributed by atoms with van der Waals surface area (Å²) in [5.41, 5.74) is 6.88. The number of fused-ring (bicyclic) bond motifs is 1. The first kappa shape index (κ1) is 19.0. The maximum Gasteiger partial charge on any atom is 0.208 e. The highest BCUT2D eigenvalue weighted by atomic mass is 127. The van der Waals surface area contributed by atoms with Gasteiger partial charge in [-0.25, -0.2) is 13.1 Å². The van der Waals surface area contributed by atoms with Crippen molar-refractivity contribution < 1.29 is 13.2 Å². The minimum atomic E-state index is -3.19. The number of para-hydroxylation sites is 1. The summed E-state index contributed by atoms with van der Waals surface area (Å²) in [4.78, 5) is 4.11. The van der Waals surface area contributed by atoms with Crippen molar-refractivity contribution in [3.63, 3.8) is 0 Å². The Morgan fingerprint density at radius 3 is 2.91 bits per heavy atom. The first-order valence-corrected chi connectivity index (χ1v) is 8.57. The van der Waals surface area contributed by atoms with Gasteiger partial charge in [-0.2, -0.15) is 0 Å². The molecular formula is C13H21IN4O3S. The van der Waals surface area contributed by atoms with Crippen molar-refractivity contribution >= 4 is 40.0 Å². The molecule has 0 spiro atoms. The Morgan fingerprint density at radius 1 is 1.45 bits per heavy atom. The van der Waals surface area contributed by atoms with E-state index in [4.69, 9.17) is 10.5 Å². The first-order chi connectivity index (χ1) is 9.96. The minimum Gasteiger partial charge on any atom is -0.493 e. The summed E-state index contributed by atoms with van der Waals surface area (Å²) in [6.07, 6.45) is 1.91. The molecule has 0 radical (unpaired) electrons. The van der Waals surface area contributed by atoms with Crippen LogP contribution in [0.25, 0.3) is 0 Å². The van der Waals surface area contributed by atoms with Gasteiger partial charge in [-0.1, -0.05) is 18.2 Å². The van der Waals surface area contributed by atoms with E-state index in [0.717, 1.165) is 24.0 Å². The van der Waals surface area contributed by atoms with Crippen molar-refractivity contribution in [3.05, 3.63) is 29.8 Å². The van der Waals surface area contributed by atoms with Crippen LogP contribution in [0.5, 0.6) is 5.75 Å². The molecule has 1 aliphatic rings. The number of aliphatic imine (C=N–C) groups is 1. The fraction of sp³-hybridized carbons (Fsp3) is 0.462. The SMILES string of the molecule is CS(=O)(=O)NCCN=C(N)NC1CCOc2ccccc21.I. The lowest BCUT2D eigenvalue weighted by Crippen LogP contribution is -2.38. The predicted octanol–water partition coefficient (Wildman–Crippen LogP) is 0.582. The number of guanidine groups is 1. The third-order valence-electron chi connectivity index (χ3n) is 3.04. The van der Waals surface area contributed by atoms with E-state index in [1.807, 2.05) is 24.3 Å². The summed E-state index contributed by atoms with van der Waals surface area (Å²) in [5.74, 6) is 1.15. The molecule has 0 bridgehead atoms. The summed E-state index contributed by atoms with van der Waals surface area (Å²) < 4.78 is 29.8. The first-order valence-electron chi connectivity index (χ1n) is 6.68. The quantitative estimate of drug-likeness (QED) is 0.269. The smallest absolute Gasteiger partial charge is 0.208 e. The van der Waals surface area contributed by atoms with E-state index in [-0.39, 0.29) is 43.1 Å². The highest BCUT2D eigenvalue weighted by molar-refractivity contribution is 14.0. The van der Waals surface area contributed by atoms with Crippen LogP contribution in [0.2, 0.25) is 0 Å².